The van der Waals surface area contributed by atoms with Crippen LogP contribution in [0.5, 0.6) is 0 Å². The van der Waals surface area contributed by atoms with Gasteiger partial charge in [-0.25, -0.2) is 0 Å². The minimum atomic E-state index is 0.856. The standard InChI is InChI=1S/C12H23N3/c1-14-4-6-15(7-5-14)9-10-8-11-2-3-12(10)13-11/h10-13H,2-9H2,1H3. The number of nitrogens with one attached hydrogen (secondary N) is 1. The maximum absolute atomic E-state index is 3.74. The van der Waals surface area contributed by atoms with Gasteiger partial charge in [-0.1, -0.05) is 0 Å². The van der Waals surface area contributed by atoms with E-state index in [0.717, 1.165) is 18.0 Å². The molecule has 3 fully saturated rings. The molecule has 0 aliphatic carbocycles. The summed E-state index contributed by atoms with van der Waals surface area (Å²) >= 11 is 0. The van der Waals surface area contributed by atoms with Crippen LogP contribution in [0.4, 0.5) is 0 Å². The van der Waals surface area contributed by atoms with Gasteiger partial charge in [0.05, 0.1) is 0 Å². The van der Waals surface area contributed by atoms with Crippen LogP contribution in [0.3, 0.4) is 0 Å². The third-order valence-corrected chi connectivity index (χ3v) is 4.52. The Balaban J connectivity index is 1.49. The molecule has 86 valence electrons. The zero-order valence-corrected chi connectivity index (χ0v) is 9.78. The Morgan fingerprint density at radius 2 is 1.93 bits per heavy atom. The molecule has 3 aliphatic rings. The lowest BCUT2D eigenvalue weighted by atomic mass is 9.88. The average Bonchev–Trinajstić information content (AvgIpc) is 2.83. The van der Waals surface area contributed by atoms with Gasteiger partial charge in [0.1, 0.15) is 0 Å². The van der Waals surface area contributed by atoms with E-state index in [4.69, 9.17) is 0 Å². The van der Waals surface area contributed by atoms with Gasteiger partial charge in [-0.05, 0) is 32.2 Å². The Kier molecular flexibility index (Phi) is 2.71. The molecule has 15 heavy (non-hydrogen) atoms. The van der Waals surface area contributed by atoms with Crippen molar-refractivity contribution >= 4 is 0 Å². The van der Waals surface area contributed by atoms with Crippen molar-refractivity contribution in [2.75, 3.05) is 39.8 Å². The largest absolute Gasteiger partial charge is 0.311 e. The van der Waals surface area contributed by atoms with Crippen LogP contribution in [0, 0.1) is 5.92 Å². The van der Waals surface area contributed by atoms with Crippen molar-refractivity contribution in [3.63, 3.8) is 0 Å². The molecule has 3 atom stereocenters. The molecule has 3 nitrogen and oxygen atoms in total. The lowest BCUT2D eigenvalue weighted by Crippen LogP contribution is -2.47. The number of piperazine rings is 1. The van der Waals surface area contributed by atoms with Crippen molar-refractivity contribution in [2.24, 2.45) is 5.92 Å². The van der Waals surface area contributed by atoms with E-state index in [0.29, 0.717) is 0 Å². The summed E-state index contributed by atoms with van der Waals surface area (Å²) < 4.78 is 0. The number of nitrogens with zero attached hydrogens (tertiary/aromatic N) is 2. The molecular formula is C12H23N3. The molecule has 3 heteroatoms. The zero-order valence-electron chi connectivity index (χ0n) is 9.78. The maximum atomic E-state index is 3.74. The van der Waals surface area contributed by atoms with Gasteiger partial charge in [0, 0.05) is 44.8 Å². The van der Waals surface area contributed by atoms with Crippen molar-refractivity contribution < 1.29 is 0 Å². The topological polar surface area (TPSA) is 18.5 Å². The third kappa shape index (κ3) is 2.05. The van der Waals surface area contributed by atoms with Crippen LogP contribution in [0.1, 0.15) is 19.3 Å². The van der Waals surface area contributed by atoms with Crippen LogP contribution in [0.2, 0.25) is 0 Å². The first-order valence-electron chi connectivity index (χ1n) is 6.48. The molecule has 0 aromatic carbocycles. The zero-order chi connectivity index (χ0) is 10.3. The van der Waals surface area contributed by atoms with Gasteiger partial charge >= 0.3 is 0 Å². The number of hydrogen-bond donors (Lipinski definition) is 1. The molecule has 1 N–H and O–H groups in total. The molecule has 3 unspecified atom stereocenters. The first-order valence-corrected chi connectivity index (χ1v) is 6.48. The number of likely N-dealkylation sites (N-methyl/N-ethyl adjacent to an activating group) is 1. The SMILES string of the molecule is CN1CCN(CC2CC3CCC2N3)CC1. The minimum Gasteiger partial charge on any atom is -0.311 e. The highest BCUT2D eigenvalue weighted by Crippen LogP contribution is 2.33. The predicted molar refractivity (Wildman–Crippen MR) is 62.0 cm³/mol. The summed E-state index contributed by atoms with van der Waals surface area (Å²) in [6.07, 6.45) is 4.31. The maximum Gasteiger partial charge on any atom is 0.0111 e. The summed E-state index contributed by atoms with van der Waals surface area (Å²) in [5, 5.41) is 3.74. The molecule has 0 radical (unpaired) electrons. The molecule has 0 amide bonds. The van der Waals surface area contributed by atoms with E-state index in [1.807, 2.05) is 0 Å². The van der Waals surface area contributed by atoms with Gasteiger partial charge in [0.2, 0.25) is 0 Å². The van der Waals surface area contributed by atoms with E-state index in [9.17, 15) is 0 Å². The van der Waals surface area contributed by atoms with Crippen molar-refractivity contribution in [3.05, 3.63) is 0 Å². The Bertz CT molecular complexity index is 223. The van der Waals surface area contributed by atoms with Crippen molar-refractivity contribution in [1.29, 1.82) is 0 Å². The summed E-state index contributed by atoms with van der Waals surface area (Å²) in [5.74, 6) is 0.951. The Morgan fingerprint density at radius 3 is 2.53 bits per heavy atom. The lowest BCUT2D eigenvalue weighted by Gasteiger charge is -2.35. The Labute approximate surface area is 92.8 Å². The number of hydrogen-bond acceptors (Lipinski definition) is 3. The monoisotopic (exact) mass is 209 g/mol. The fraction of sp³-hybridized carbons (Fsp3) is 1.00. The fourth-order valence-electron chi connectivity index (χ4n) is 3.50. The van der Waals surface area contributed by atoms with Crippen LogP contribution < -0.4 is 5.32 Å². The molecular weight excluding hydrogens is 186 g/mol. The van der Waals surface area contributed by atoms with Crippen molar-refractivity contribution in [1.82, 2.24) is 15.1 Å². The smallest absolute Gasteiger partial charge is 0.0111 e. The van der Waals surface area contributed by atoms with E-state index in [-0.39, 0.29) is 0 Å². The molecule has 0 saturated carbocycles. The van der Waals surface area contributed by atoms with Crippen molar-refractivity contribution in [3.8, 4) is 0 Å². The normalized spacial score (nSPS) is 42.6. The summed E-state index contributed by atoms with van der Waals surface area (Å²) in [6, 6.07) is 1.72. The van der Waals surface area contributed by atoms with E-state index in [1.54, 1.807) is 0 Å². The molecule has 3 saturated heterocycles. The Hall–Kier alpha value is -0.120. The van der Waals surface area contributed by atoms with E-state index >= 15 is 0 Å². The van der Waals surface area contributed by atoms with Crippen LogP contribution in [-0.2, 0) is 0 Å². The first-order chi connectivity index (χ1) is 7.31. The second-order valence-electron chi connectivity index (χ2n) is 5.65. The average molecular weight is 209 g/mol. The number of rotatable bonds is 2. The molecule has 3 heterocycles. The quantitative estimate of drug-likeness (QED) is 0.709. The van der Waals surface area contributed by atoms with Gasteiger partial charge < -0.3 is 15.1 Å². The summed E-state index contributed by atoms with van der Waals surface area (Å²) in [4.78, 5) is 5.11. The molecule has 2 bridgehead atoms. The molecule has 0 spiro atoms. The Morgan fingerprint density at radius 1 is 1.13 bits per heavy atom. The molecule has 0 aromatic rings. The minimum absolute atomic E-state index is 0.856. The van der Waals surface area contributed by atoms with Crippen LogP contribution in [0.25, 0.3) is 0 Å². The second kappa shape index (κ2) is 4.04. The molecule has 0 aromatic heterocycles. The molecule has 3 rings (SSSR count). The first kappa shape index (κ1) is 10.1. The highest BCUT2D eigenvalue weighted by Gasteiger charge is 2.39. The highest BCUT2D eigenvalue weighted by atomic mass is 15.2. The van der Waals surface area contributed by atoms with E-state index in [2.05, 4.69) is 22.2 Å². The van der Waals surface area contributed by atoms with Crippen LogP contribution in [0.15, 0.2) is 0 Å². The van der Waals surface area contributed by atoms with E-state index < -0.39 is 0 Å². The summed E-state index contributed by atoms with van der Waals surface area (Å²) in [7, 11) is 2.23. The third-order valence-electron chi connectivity index (χ3n) is 4.52. The predicted octanol–water partition coefficient (Wildman–Crippen LogP) is 0.374. The molecule has 3 aliphatic heterocycles. The number of fused-ring (bicyclic) bond motifs is 2. The van der Waals surface area contributed by atoms with Crippen LogP contribution >= 0.6 is 0 Å². The van der Waals surface area contributed by atoms with E-state index in [1.165, 1.54) is 52.0 Å². The summed E-state index contributed by atoms with van der Waals surface area (Å²) in [5.41, 5.74) is 0. The fourth-order valence-corrected chi connectivity index (χ4v) is 3.50. The van der Waals surface area contributed by atoms with Gasteiger partial charge in [0.15, 0.2) is 0 Å². The van der Waals surface area contributed by atoms with Crippen molar-refractivity contribution in [2.45, 2.75) is 31.3 Å². The van der Waals surface area contributed by atoms with Crippen LogP contribution in [-0.4, -0.2) is 61.7 Å². The highest BCUT2D eigenvalue weighted by molar-refractivity contribution is 4.98. The summed E-state index contributed by atoms with van der Waals surface area (Å²) in [6.45, 7) is 6.43. The van der Waals surface area contributed by atoms with Gasteiger partial charge in [0.25, 0.3) is 0 Å². The lowest BCUT2D eigenvalue weighted by molar-refractivity contribution is 0.129. The van der Waals surface area contributed by atoms with Gasteiger partial charge in [-0.2, -0.15) is 0 Å². The van der Waals surface area contributed by atoms with Gasteiger partial charge in [-0.3, -0.25) is 0 Å². The second-order valence-corrected chi connectivity index (χ2v) is 5.65. The van der Waals surface area contributed by atoms with Gasteiger partial charge in [-0.15, -0.1) is 0 Å².